The Morgan fingerprint density at radius 3 is 2.38 bits per heavy atom. The third kappa shape index (κ3) is 2.28. The molecule has 1 N–H and O–H groups in total. The second kappa shape index (κ2) is 5.62. The van der Waals surface area contributed by atoms with Crippen LogP contribution in [0.15, 0.2) is 34.9 Å². The molecule has 0 saturated carbocycles. The van der Waals surface area contributed by atoms with Crippen LogP contribution in [0.4, 0.5) is 0 Å². The van der Waals surface area contributed by atoms with Crippen molar-refractivity contribution in [3.05, 3.63) is 44.6 Å². The average Bonchev–Trinajstić information content (AvgIpc) is 3.44. The Bertz CT molecular complexity index is 1210. The third-order valence-electron chi connectivity index (χ3n) is 5.52. The Hall–Kier alpha value is -1.25. The number of piperidine rings is 1. The molecule has 138 valence electrons. The average molecular weight is 403 g/mol. The SMILES string of the molecule is [2H]c1sc(C(O)(C(=O)OC2([2H])CC3C4OC4C(C2)[N+]3(C)C([2H])([2H])[2H])c2sc([2H])c([2H])c2[2H])c([2H])c1[2H]. The van der Waals surface area contributed by atoms with Crippen LogP contribution in [0.3, 0.4) is 0 Å². The minimum absolute atomic E-state index is 0.196. The smallest absolute Gasteiger partial charge is 0.349 e. The molecule has 3 aliphatic rings. The first-order valence-electron chi connectivity index (χ1n) is 13.1. The summed E-state index contributed by atoms with van der Waals surface area (Å²) in [7, 11) is 1.57. The van der Waals surface area contributed by atoms with E-state index < -0.39 is 93.6 Å². The highest BCUT2D eigenvalue weighted by atomic mass is 32.1. The summed E-state index contributed by atoms with van der Waals surface area (Å²) in [6, 6.07) is -3.72. The lowest BCUT2D eigenvalue weighted by atomic mass is 9.95. The van der Waals surface area contributed by atoms with Crippen LogP contribution in [-0.4, -0.2) is 60.0 Å². The molecule has 26 heavy (non-hydrogen) atoms. The van der Waals surface area contributed by atoms with E-state index in [2.05, 4.69) is 0 Å². The maximum absolute atomic E-state index is 13.6. The number of morpholine rings is 1. The van der Waals surface area contributed by atoms with Gasteiger partial charge in [0.1, 0.15) is 30.4 Å². The van der Waals surface area contributed by atoms with Crippen molar-refractivity contribution < 1.29 is 37.6 Å². The minimum Gasteiger partial charge on any atom is -0.459 e. The summed E-state index contributed by atoms with van der Waals surface area (Å²) < 4.78 is 91.8. The van der Waals surface area contributed by atoms with Crippen LogP contribution in [0.5, 0.6) is 0 Å². The van der Waals surface area contributed by atoms with Gasteiger partial charge in [0.05, 0.1) is 37.5 Å². The molecule has 7 heteroatoms. The molecule has 4 unspecified atom stereocenters. The Kier molecular flexibility index (Phi) is 2.01. The molecule has 2 bridgehead atoms. The maximum atomic E-state index is 13.6. The zero-order valence-electron chi connectivity index (χ0n) is 23.7. The van der Waals surface area contributed by atoms with Gasteiger partial charge in [0.25, 0.3) is 0 Å². The first-order chi connectivity index (χ1) is 16.5. The molecule has 5 heterocycles. The van der Waals surface area contributed by atoms with Crippen LogP contribution < -0.4 is 0 Å². The minimum atomic E-state index is -2.90. The number of likely N-dealkylation sites (N-methyl/N-ethyl adjacent to an activating group) is 1. The van der Waals surface area contributed by atoms with E-state index in [-0.39, 0.29) is 17.3 Å². The molecule has 5 rings (SSSR count). The molecule has 2 aromatic rings. The van der Waals surface area contributed by atoms with Gasteiger partial charge in [-0.15, -0.1) is 22.7 Å². The van der Waals surface area contributed by atoms with Crippen molar-refractivity contribution in [3.8, 4) is 0 Å². The Labute approximate surface area is 174 Å². The summed E-state index contributed by atoms with van der Waals surface area (Å²) in [5, 5.41) is 10.9. The van der Waals surface area contributed by atoms with Crippen molar-refractivity contribution in [2.75, 3.05) is 14.0 Å². The van der Waals surface area contributed by atoms with E-state index in [1.54, 1.807) is 7.05 Å². The number of carbonyl (C=O) groups excluding carboxylic acids is 1. The number of hydrogen-bond donors (Lipinski definition) is 1. The molecular formula is C19H22NO4S2+. The molecule has 3 fully saturated rings. The zero-order chi connectivity index (χ0) is 26.7. The number of epoxide rings is 1. The molecule has 2 aromatic heterocycles. The van der Waals surface area contributed by atoms with Crippen LogP contribution in [0.2, 0.25) is 0 Å². The van der Waals surface area contributed by atoms with E-state index in [0.717, 1.165) is 0 Å². The summed E-state index contributed by atoms with van der Waals surface area (Å²) in [6.07, 6.45) is -3.14. The summed E-state index contributed by atoms with van der Waals surface area (Å²) in [5.74, 6) is -1.44. The lowest BCUT2D eigenvalue weighted by Crippen LogP contribution is -2.60. The monoisotopic (exact) mass is 402 g/mol. The molecular weight excluding hydrogens is 370 g/mol. The Morgan fingerprint density at radius 1 is 1.35 bits per heavy atom. The van der Waals surface area contributed by atoms with Crippen molar-refractivity contribution in [2.45, 2.75) is 48.8 Å². The first-order valence-corrected chi connectivity index (χ1v) is 9.72. The lowest BCUT2D eigenvalue weighted by Gasteiger charge is -2.45. The van der Waals surface area contributed by atoms with E-state index in [0.29, 0.717) is 22.7 Å². The lowest BCUT2D eigenvalue weighted by molar-refractivity contribution is -0.938. The second-order valence-electron chi connectivity index (χ2n) is 6.96. The van der Waals surface area contributed by atoms with Gasteiger partial charge in [-0.25, -0.2) is 4.79 Å². The Morgan fingerprint density at radius 2 is 1.92 bits per heavy atom. The van der Waals surface area contributed by atoms with Crippen molar-refractivity contribution in [1.29, 1.82) is 0 Å². The van der Waals surface area contributed by atoms with E-state index in [1.165, 1.54) is 0 Å². The number of esters is 1. The number of quaternary nitrogens is 1. The number of carbonyl (C=O) groups is 1. The van der Waals surface area contributed by atoms with Gasteiger partial charge >= 0.3 is 5.97 Å². The number of thiophene rings is 2. The van der Waals surface area contributed by atoms with Gasteiger partial charge in [-0.3, -0.25) is 0 Å². The van der Waals surface area contributed by atoms with E-state index in [1.807, 2.05) is 0 Å². The van der Waals surface area contributed by atoms with Gasteiger partial charge in [-0.05, 0) is 22.8 Å². The second-order valence-corrected chi connectivity index (χ2v) is 8.59. The van der Waals surface area contributed by atoms with Gasteiger partial charge in [0, 0.05) is 12.8 Å². The standard InChI is InChI=1S/C19H22NO4S2/c1-20(2)12-9-11(10-13(20)17-16(12)24-17)23-18(21)19(22,14-5-3-7-25-14)15-6-4-8-26-15/h3-8,11-13,16-17,22H,9-10H2,1-2H3/q+1/i1D3,3D,4D,5D,6D,7D,8D,11D. The number of rotatable bonds is 4. The number of aliphatic hydroxyl groups is 1. The fourth-order valence-corrected chi connectivity index (χ4v) is 5.39. The number of nitrogens with zero attached hydrogens (tertiary/aromatic N) is 1. The quantitative estimate of drug-likeness (QED) is 0.485. The summed E-state index contributed by atoms with van der Waals surface area (Å²) >= 11 is 0.926. The van der Waals surface area contributed by atoms with Gasteiger partial charge in [-0.1, -0.05) is 12.1 Å². The van der Waals surface area contributed by atoms with Crippen molar-refractivity contribution in [3.63, 3.8) is 0 Å². The molecule has 0 spiro atoms. The fraction of sp³-hybridized carbons (Fsp3) is 0.526. The molecule has 0 aromatic carbocycles. The normalized spacial score (nSPS) is 46.8. The van der Waals surface area contributed by atoms with Gasteiger partial charge < -0.3 is 19.1 Å². The topological polar surface area (TPSA) is 59.1 Å². The summed E-state index contributed by atoms with van der Waals surface area (Å²) in [4.78, 5) is 12.7. The van der Waals surface area contributed by atoms with Crippen LogP contribution >= 0.6 is 22.7 Å². The van der Waals surface area contributed by atoms with Crippen LogP contribution in [0, 0.1) is 0 Å². The van der Waals surface area contributed by atoms with Crippen LogP contribution in [-0.2, 0) is 19.9 Å². The molecule has 4 atom stereocenters. The summed E-state index contributed by atoms with van der Waals surface area (Å²) in [5.41, 5.74) is -2.90. The van der Waals surface area contributed by atoms with Crippen LogP contribution in [0.25, 0.3) is 0 Å². The van der Waals surface area contributed by atoms with E-state index in [9.17, 15) is 9.90 Å². The number of ether oxygens (including phenoxy) is 2. The molecule has 3 saturated heterocycles. The Balaban J connectivity index is 1.55. The molecule has 0 aliphatic carbocycles. The highest BCUT2D eigenvalue weighted by Gasteiger charge is 2.71. The predicted octanol–water partition coefficient (Wildman–Crippen LogP) is 2.35. The first kappa shape index (κ1) is 9.30. The van der Waals surface area contributed by atoms with Gasteiger partial charge in [0.2, 0.25) is 5.60 Å². The fourth-order valence-electron chi connectivity index (χ4n) is 4.05. The van der Waals surface area contributed by atoms with Crippen LogP contribution in [0.1, 0.15) is 36.3 Å². The highest BCUT2D eigenvalue weighted by Crippen LogP contribution is 2.52. The molecule has 3 aliphatic heterocycles. The zero-order valence-corrected chi connectivity index (χ0v) is 15.3. The van der Waals surface area contributed by atoms with Crippen molar-refractivity contribution in [1.82, 2.24) is 0 Å². The van der Waals surface area contributed by atoms with E-state index in [4.69, 9.17) is 23.2 Å². The number of fused-ring (bicyclic) bond motifs is 5. The predicted molar refractivity (Wildman–Crippen MR) is 99.1 cm³/mol. The maximum Gasteiger partial charge on any atom is 0.349 e. The van der Waals surface area contributed by atoms with Gasteiger partial charge in [-0.2, -0.15) is 0 Å². The largest absolute Gasteiger partial charge is 0.459 e. The third-order valence-corrected chi connectivity index (χ3v) is 7.13. The molecule has 0 amide bonds. The number of hydrogen-bond acceptors (Lipinski definition) is 6. The van der Waals surface area contributed by atoms with Crippen molar-refractivity contribution >= 4 is 28.6 Å². The van der Waals surface area contributed by atoms with E-state index >= 15 is 0 Å². The molecule has 5 nitrogen and oxygen atoms in total. The van der Waals surface area contributed by atoms with Crippen molar-refractivity contribution in [2.24, 2.45) is 0 Å². The summed E-state index contributed by atoms with van der Waals surface area (Å²) in [6.45, 7) is -2.39. The highest BCUT2D eigenvalue weighted by molar-refractivity contribution is 7.12. The van der Waals surface area contributed by atoms with Gasteiger partial charge in [0.15, 0.2) is 0 Å². The molecule has 0 radical (unpaired) electrons.